The summed E-state index contributed by atoms with van der Waals surface area (Å²) in [7, 11) is 0. The summed E-state index contributed by atoms with van der Waals surface area (Å²) in [5.74, 6) is 2.69. The van der Waals surface area contributed by atoms with Gasteiger partial charge in [0.15, 0.2) is 5.76 Å². The van der Waals surface area contributed by atoms with Crippen molar-refractivity contribution < 1.29 is 14.3 Å². The standard InChI is InChI=1S/C23H32O3S/c1-21(2)25-19-17(24)12-13-6-7-14-15-8-9-18(27-5)22(15,3)11-10-16(14)23(13,4)20(19)26-21/h12,14-16,18H,6-11H2,1-5H3/t14-,15-,16-,18+,22-,23-/m0/s1. The Morgan fingerprint density at radius 2 is 1.81 bits per heavy atom. The first kappa shape index (κ1) is 18.1. The SMILES string of the molecule is CS[C@@H]1CC[C@H]2[C@@H]3CCC4=CC(=O)C5=C(OC(C)(C)O5)[C@]4(C)[C@H]3CC[C@]12C. The van der Waals surface area contributed by atoms with Gasteiger partial charge in [-0.3, -0.25) is 4.79 Å². The lowest BCUT2D eigenvalue weighted by Gasteiger charge is -2.57. The number of allylic oxidation sites excluding steroid dienone is 2. The number of carbonyl (C=O) groups is 1. The van der Waals surface area contributed by atoms with Crippen LogP contribution >= 0.6 is 11.8 Å². The van der Waals surface area contributed by atoms with Crippen LogP contribution in [-0.4, -0.2) is 23.1 Å². The molecule has 0 aromatic rings. The molecular weight excluding hydrogens is 356 g/mol. The van der Waals surface area contributed by atoms with Crippen LogP contribution in [-0.2, 0) is 14.3 Å². The molecule has 0 amide bonds. The Morgan fingerprint density at radius 1 is 1.04 bits per heavy atom. The van der Waals surface area contributed by atoms with Crippen LogP contribution in [0.15, 0.2) is 23.2 Å². The molecule has 0 saturated heterocycles. The highest BCUT2D eigenvalue weighted by Gasteiger charge is 2.62. The van der Waals surface area contributed by atoms with Crippen LogP contribution in [0.3, 0.4) is 0 Å². The van der Waals surface area contributed by atoms with E-state index < -0.39 is 5.79 Å². The van der Waals surface area contributed by atoms with Gasteiger partial charge in [0, 0.05) is 19.1 Å². The third-order valence-corrected chi connectivity index (χ3v) is 10.0. The van der Waals surface area contributed by atoms with Crippen LogP contribution in [0.1, 0.15) is 66.2 Å². The highest BCUT2D eigenvalue weighted by atomic mass is 32.2. The number of thioether (sulfide) groups is 1. The van der Waals surface area contributed by atoms with Gasteiger partial charge in [0.2, 0.25) is 17.3 Å². The summed E-state index contributed by atoms with van der Waals surface area (Å²) in [4.78, 5) is 12.7. The van der Waals surface area contributed by atoms with Crippen molar-refractivity contribution in [1.82, 2.24) is 0 Å². The topological polar surface area (TPSA) is 35.5 Å². The van der Waals surface area contributed by atoms with E-state index in [0.29, 0.717) is 17.1 Å². The van der Waals surface area contributed by atoms with E-state index in [9.17, 15) is 4.79 Å². The molecule has 0 unspecified atom stereocenters. The molecule has 3 fully saturated rings. The number of ketones is 1. The van der Waals surface area contributed by atoms with Gasteiger partial charge in [-0.1, -0.05) is 12.5 Å². The zero-order valence-corrected chi connectivity index (χ0v) is 18.1. The lowest BCUT2D eigenvalue weighted by atomic mass is 9.48. The van der Waals surface area contributed by atoms with Crippen LogP contribution < -0.4 is 0 Å². The Balaban J connectivity index is 1.56. The Labute approximate surface area is 167 Å². The molecule has 0 bridgehead atoms. The average molecular weight is 389 g/mol. The van der Waals surface area contributed by atoms with Crippen LogP contribution in [0.25, 0.3) is 0 Å². The summed E-state index contributed by atoms with van der Waals surface area (Å²) in [5, 5.41) is 0.806. The molecule has 0 spiro atoms. The monoisotopic (exact) mass is 388 g/mol. The number of hydrogen-bond acceptors (Lipinski definition) is 4. The lowest BCUT2D eigenvalue weighted by Crippen LogP contribution is -2.51. The first-order chi connectivity index (χ1) is 12.7. The molecule has 27 heavy (non-hydrogen) atoms. The van der Waals surface area contributed by atoms with Crippen molar-refractivity contribution in [2.24, 2.45) is 28.6 Å². The zero-order valence-electron chi connectivity index (χ0n) is 17.3. The molecule has 0 N–H and O–H groups in total. The minimum atomic E-state index is -0.736. The number of carbonyl (C=O) groups excluding carboxylic acids is 1. The van der Waals surface area contributed by atoms with E-state index in [1.807, 2.05) is 19.9 Å². The maximum atomic E-state index is 12.7. The van der Waals surface area contributed by atoms with Crippen molar-refractivity contribution >= 4 is 17.5 Å². The molecule has 0 radical (unpaired) electrons. The number of rotatable bonds is 1. The van der Waals surface area contributed by atoms with Crippen molar-refractivity contribution in [1.29, 1.82) is 0 Å². The summed E-state index contributed by atoms with van der Waals surface area (Å²) >= 11 is 2.08. The van der Waals surface area contributed by atoms with Gasteiger partial charge in [-0.25, -0.2) is 0 Å². The Hall–Kier alpha value is -0.900. The molecular formula is C23H32O3S. The molecule has 4 aliphatic carbocycles. The molecule has 4 heteroatoms. The molecule has 3 nitrogen and oxygen atoms in total. The van der Waals surface area contributed by atoms with E-state index in [2.05, 4.69) is 31.9 Å². The minimum absolute atomic E-state index is 0.00506. The van der Waals surface area contributed by atoms with Crippen LogP contribution in [0.5, 0.6) is 0 Å². The third kappa shape index (κ3) is 2.25. The van der Waals surface area contributed by atoms with Gasteiger partial charge < -0.3 is 9.47 Å². The molecule has 6 atom stereocenters. The second-order valence-corrected chi connectivity index (χ2v) is 11.3. The summed E-state index contributed by atoms with van der Waals surface area (Å²) in [5.41, 5.74) is 1.60. The largest absolute Gasteiger partial charge is 0.452 e. The highest BCUT2D eigenvalue weighted by Crippen LogP contribution is 2.68. The summed E-state index contributed by atoms with van der Waals surface area (Å²) in [6.07, 6.45) is 11.7. The van der Waals surface area contributed by atoms with E-state index >= 15 is 0 Å². The first-order valence-corrected chi connectivity index (χ1v) is 11.9. The molecule has 1 heterocycles. The minimum Gasteiger partial charge on any atom is -0.452 e. The molecule has 5 aliphatic rings. The van der Waals surface area contributed by atoms with Crippen molar-refractivity contribution in [3.05, 3.63) is 23.2 Å². The Bertz CT molecular complexity index is 766. The van der Waals surface area contributed by atoms with E-state index in [-0.39, 0.29) is 11.2 Å². The molecule has 5 rings (SSSR count). The normalized spacial score (nSPS) is 47.3. The smallest absolute Gasteiger partial charge is 0.245 e. The fraction of sp³-hybridized carbons (Fsp3) is 0.783. The predicted octanol–water partition coefficient (Wildman–Crippen LogP) is 5.46. The number of hydrogen-bond donors (Lipinski definition) is 0. The van der Waals surface area contributed by atoms with Gasteiger partial charge in [0.05, 0.1) is 5.41 Å². The Morgan fingerprint density at radius 3 is 2.56 bits per heavy atom. The molecule has 148 valence electrons. The van der Waals surface area contributed by atoms with Gasteiger partial charge in [-0.15, -0.1) is 0 Å². The maximum Gasteiger partial charge on any atom is 0.245 e. The number of fused-ring (bicyclic) bond motifs is 6. The van der Waals surface area contributed by atoms with Gasteiger partial charge >= 0.3 is 0 Å². The third-order valence-electron chi connectivity index (χ3n) is 8.69. The van der Waals surface area contributed by atoms with E-state index in [1.54, 1.807) is 0 Å². The molecule has 0 aromatic carbocycles. The van der Waals surface area contributed by atoms with Crippen molar-refractivity contribution in [3.8, 4) is 0 Å². The lowest BCUT2D eigenvalue weighted by molar-refractivity contribution is -0.141. The predicted molar refractivity (Wildman–Crippen MR) is 108 cm³/mol. The van der Waals surface area contributed by atoms with Gasteiger partial charge in [-0.2, -0.15) is 11.8 Å². The zero-order chi connectivity index (χ0) is 19.2. The second-order valence-electron chi connectivity index (χ2n) is 10.3. The number of ether oxygens (including phenoxy) is 2. The highest BCUT2D eigenvalue weighted by molar-refractivity contribution is 7.99. The van der Waals surface area contributed by atoms with Crippen molar-refractivity contribution in [2.45, 2.75) is 77.3 Å². The van der Waals surface area contributed by atoms with E-state index in [4.69, 9.17) is 9.47 Å². The van der Waals surface area contributed by atoms with E-state index in [1.165, 1.54) is 37.7 Å². The Kier molecular flexibility index (Phi) is 3.75. The van der Waals surface area contributed by atoms with E-state index in [0.717, 1.165) is 29.3 Å². The fourth-order valence-electron chi connectivity index (χ4n) is 7.44. The van der Waals surface area contributed by atoms with Crippen LogP contribution in [0.2, 0.25) is 0 Å². The summed E-state index contributed by atoms with van der Waals surface area (Å²) < 4.78 is 12.3. The summed E-state index contributed by atoms with van der Waals surface area (Å²) in [6.45, 7) is 8.73. The van der Waals surface area contributed by atoms with Crippen LogP contribution in [0.4, 0.5) is 0 Å². The summed E-state index contributed by atoms with van der Waals surface area (Å²) in [6, 6.07) is 0. The van der Waals surface area contributed by atoms with Crippen molar-refractivity contribution in [3.63, 3.8) is 0 Å². The molecule has 0 aromatic heterocycles. The van der Waals surface area contributed by atoms with Crippen molar-refractivity contribution in [2.75, 3.05) is 6.26 Å². The first-order valence-electron chi connectivity index (χ1n) is 10.6. The van der Waals surface area contributed by atoms with Crippen LogP contribution in [0, 0.1) is 28.6 Å². The average Bonchev–Trinajstić information content (AvgIpc) is 3.13. The fourth-order valence-corrected chi connectivity index (χ4v) is 8.64. The molecule has 1 aliphatic heterocycles. The maximum absolute atomic E-state index is 12.7. The van der Waals surface area contributed by atoms with Gasteiger partial charge in [0.1, 0.15) is 0 Å². The second kappa shape index (κ2) is 5.58. The van der Waals surface area contributed by atoms with Gasteiger partial charge in [0.25, 0.3) is 0 Å². The quantitative estimate of drug-likeness (QED) is 0.597. The van der Waals surface area contributed by atoms with Gasteiger partial charge in [-0.05, 0) is 80.9 Å². The molecule has 3 saturated carbocycles.